The summed E-state index contributed by atoms with van der Waals surface area (Å²) in [4.78, 5) is 12.1. The molecule has 104 valence electrons. The van der Waals surface area contributed by atoms with Gasteiger partial charge in [-0.25, -0.2) is 0 Å². The van der Waals surface area contributed by atoms with E-state index in [4.69, 9.17) is 4.74 Å². The molecule has 0 aromatic heterocycles. The number of ether oxygens (including phenoxy) is 1. The average Bonchev–Trinajstić information content (AvgIpc) is 2.92. The van der Waals surface area contributed by atoms with Crippen molar-refractivity contribution in [3.63, 3.8) is 0 Å². The molecule has 0 saturated carbocycles. The smallest absolute Gasteiger partial charge is 0.251 e. The summed E-state index contributed by atoms with van der Waals surface area (Å²) in [6.45, 7) is 5.01. The number of hydrogen-bond acceptors (Lipinski definition) is 3. The highest BCUT2D eigenvalue weighted by atomic mass is 16.5. The Hall–Kier alpha value is -1.39. The maximum Gasteiger partial charge on any atom is 0.251 e. The fraction of sp³-hybridized carbons (Fsp3) is 0.533. The second kappa shape index (κ2) is 5.72. The molecule has 2 rings (SSSR count). The van der Waals surface area contributed by atoms with Crippen LogP contribution in [0.5, 0.6) is 0 Å². The number of carbonyl (C=O) groups excluding carboxylic acids is 1. The number of carbonyl (C=O) groups is 1. The van der Waals surface area contributed by atoms with E-state index in [-0.39, 0.29) is 12.5 Å². The molecule has 1 atom stereocenters. The maximum absolute atomic E-state index is 12.1. The molecule has 1 amide bonds. The molecule has 0 radical (unpaired) electrons. The zero-order chi connectivity index (χ0) is 13.9. The van der Waals surface area contributed by atoms with E-state index >= 15 is 0 Å². The lowest BCUT2D eigenvalue weighted by molar-refractivity contribution is 0.0869. The van der Waals surface area contributed by atoms with Gasteiger partial charge in [0.05, 0.1) is 18.8 Å². The SMILES string of the molecule is CC(C)(CO)NC(=O)c1cccc(C2CCOC2)c1. The first-order valence-corrected chi connectivity index (χ1v) is 6.63. The fourth-order valence-corrected chi connectivity index (χ4v) is 2.15. The zero-order valence-electron chi connectivity index (χ0n) is 11.5. The Morgan fingerprint density at radius 2 is 2.32 bits per heavy atom. The van der Waals surface area contributed by atoms with Gasteiger partial charge in [0.1, 0.15) is 0 Å². The molecular weight excluding hydrogens is 242 g/mol. The second-order valence-electron chi connectivity index (χ2n) is 5.68. The summed E-state index contributed by atoms with van der Waals surface area (Å²) < 4.78 is 5.38. The summed E-state index contributed by atoms with van der Waals surface area (Å²) in [5.74, 6) is 0.235. The molecule has 1 saturated heterocycles. The minimum atomic E-state index is -0.608. The highest BCUT2D eigenvalue weighted by Crippen LogP contribution is 2.25. The first kappa shape index (κ1) is 14.0. The molecule has 1 aliphatic rings. The van der Waals surface area contributed by atoms with Crippen molar-refractivity contribution in [2.24, 2.45) is 0 Å². The predicted molar refractivity (Wildman–Crippen MR) is 73.3 cm³/mol. The first-order valence-electron chi connectivity index (χ1n) is 6.63. The van der Waals surface area contributed by atoms with Crippen LogP contribution in [-0.4, -0.2) is 36.4 Å². The molecule has 1 heterocycles. The summed E-state index contributed by atoms with van der Waals surface area (Å²) in [5, 5.41) is 12.0. The van der Waals surface area contributed by atoms with E-state index in [0.29, 0.717) is 11.5 Å². The molecular formula is C15H21NO3. The van der Waals surface area contributed by atoms with Gasteiger partial charge in [-0.2, -0.15) is 0 Å². The quantitative estimate of drug-likeness (QED) is 0.869. The monoisotopic (exact) mass is 263 g/mol. The van der Waals surface area contributed by atoms with Gasteiger partial charge in [0.25, 0.3) is 5.91 Å². The molecule has 19 heavy (non-hydrogen) atoms. The van der Waals surface area contributed by atoms with Crippen LogP contribution >= 0.6 is 0 Å². The Labute approximate surface area is 113 Å². The van der Waals surface area contributed by atoms with Crippen LogP contribution in [0, 0.1) is 0 Å². The van der Waals surface area contributed by atoms with Gasteiger partial charge >= 0.3 is 0 Å². The van der Waals surface area contributed by atoms with Crippen molar-refractivity contribution in [3.8, 4) is 0 Å². The van der Waals surface area contributed by atoms with Crippen LogP contribution in [0.15, 0.2) is 24.3 Å². The third-order valence-corrected chi connectivity index (χ3v) is 3.40. The Morgan fingerprint density at radius 3 is 2.95 bits per heavy atom. The van der Waals surface area contributed by atoms with Crippen molar-refractivity contribution in [1.29, 1.82) is 0 Å². The number of aliphatic hydroxyl groups is 1. The van der Waals surface area contributed by atoms with Gasteiger partial charge in [-0.3, -0.25) is 4.79 Å². The number of rotatable bonds is 4. The van der Waals surface area contributed by atoms with Crippen molar-refractivity contribution in [2.75, 3.05) is 19.8 Å². The van der Waals surface area contributed by atoms with Gasteiger partial charge in [0.15, 0.2) is 0 Å². The number of hydrogen-bond donors (Lipinski definition) is 2. The minimum Gasteiger partial charge on any atom is -0.394 e. The third-order valence-electron chi connectivity index (χ3n) is 3.40. The number of nitrogens with one attached hydrogen (secondary N) is 1. The molecule has 4 nitrogen and oxygen atoms in total. The van der Waals surface area contributed by atoms with Crippen LogP contribution < -0.4 is 5.32 Å². The molecule has 1 aliphatic heterocycles. The number of aliphatic hydroxyl groups excluding tert-OH is 1. The first-order chi connectivity index (χ1) is 9.02. The normalized spacial score (nSPS) is 19.4. The third kappa shape index (κ3) is 3.55. The highest BCUT2D eigenvalue weighted by molar-refractivity contribution is 5.94. The van der Waals surface area contributed by atoms with Crippen LogP contribution in [0.25, 0.3) is 0 Å². The Kier molecular flexibility index (Phi) is 4.22. The molecule has 4 heteroatoms. The Bertz CT molecular complexity index is 450. The zero-order valence-corrected chi connectivity index (χ0v) is 11.5. The summed E-state index contributed by atoms with van der Waals surface area (Å²) in [5.41, 5.74) is 1.17. The van der Waals surface area contributed by atoms with Gasteiger partial charge in [-0.05, 0) is 38.0 Å². The van der Waals surface area contributed by atoms with Crippen LogP contribution in [0.1, 0.15) is 42.1 Å². The largest absolute Gasteiger partial charge is 0.394 e. The minimum absolute atomic E-state index is 0.0884. The number of benzene rings is 1. The van der Waals surface area contributed by atoms with Crippen LogP contribution in [-0.2, 0) is 4.74 Å². The van der Waals surface area contributed by atoms with Crippen LogP contribution in [0.3, 0.4) is 0 Å². The van der Waals surface area contributed by atoms with Crippen molar-refractivity contribution >= 4 is 5.91 Å². The van der Waals surface area contributed by atoms with E-state index in [0.717, 1.165) is 25.2 Å². The molecule has 1 aromatic carbocycles. The predicted octanol–water partition coefficient (Wildman–Crippen LogP) is 1.69. The lowest BCUT2D eigenvalue weighted by atomic mass is 9.96. The topological polar surface area (TPSA) is 58.6 Å². The van der Waals surface area contributed by atoms with Crippen molar-refractivity contribution in [3.05, 3.63) is 35.4 Å². The molecule has 1 aromatic rings. The summed E-state index contributed by atoms with van der Waals surface area (Å²) in [6, 6.07) is 7.64. The van der Waals surface area contributed by atoms with Gasteiger partial charge in [-0.15, -0.1) is 0 Å². The van der Waals surface area contributed by atoms with Crippen molar-refractivity contribution in [1.82, 2.24) is 5.32 Å². The molecule has 1 unspecified atom stereocenters. The second-order valence-corrected chi connectivity index (χ2v) is 5.68. The van der Waals surface area contributed by atoms with Crippen molar-refractivity contribution in [2.45, 2.75) is 31.7 Å². The highest BCUT2D eigenvalue weighted by Gasteiger charge is 2.22. The van der Waals surface area contributed by atoms with E-state index in [2.05, 4.69) is 5.32 Å². The summed E-state index contributed by atoms with van der Waals surface area (Å²) >= 11 is 0. The fourth-order valence-electron chi connectivity index (χ4n) is 2.15. The maximum atomic E-state index is 12.1. The van der Waals surface area contributed by atoms with E-state index in [1.54, 1.807) is 19.9 Å². The molecule has 0 bridgehead atoms. The lowest BCUT2D eigenvalue weighted by Crippen LogP contribution is -2.46. The summed E-state index contributed by atoms with van der Waals surface area (Å²) in [7, 11) is 0. The molecule has 2 N–H and O–H groups in total. The van der Waals surface area contributed by atoms with Crippen molar-refractivity contribution < 1.29 is 14.6 Å². The molecule has 0 spiro atoms. The van der Waals surface area contributed by atoms with Crippen LogP contribution in [0.4, 0.5) is 0 Å². The Morgan fingerprint density at radius 1 is 1.53 bits per heavy atom. The van der Waals surface area contributed by atoms with E-state index < -0.39 is 5.54 Å². The molecule has 1 fully saturated rings. The Balaban J connectivity index is 2.12. The van der Waals surface area contributed by atoms with Gasteiger partial charge < -0.3 is 15.2 Å². The van der Waals surface area contributed by atoms with E-state index in [1.807, 2.05) is 18.2 Å². The van der Waals surface area contributed by atoms with Gasteiger partial charge in [0, 0.05) is 18.1 Å². The standard InChI is InChI=1S/C15H21NO3/c1-15(2,10-17)16-14(18)12-5-3-4-11(8-12)13-6-7-19-9-13/h3-5,8,13,17H,6-7,9-10H2,1-2H3,(H,16,18). The lowest BCUT2D eigenvalue weighted by Gasteiger charge is -2.23. The van der Waals surface area contributed by atoms with Crippen LogP contribution in [0.2, 0.25) is 0 Å². The number of amides is 1. The van der Waals surface area contributed by atoms with Gasteiger partial charge in [0.2, 0.25) is 0 Å². The molecule has 0 aliphatic carbocycles. The van der Waals surface area contributed by atoms with E-state index in [9.17, 15) is 9.90 Å². The van der Waals surface area contributed by atoms with Gasteiger partial charge in [-0.1, -0.05) is 12.1 Å². The summed E-state index contributed by atoms with van der Waals surface area (Å²) in [6.07, 6.45) is 1.01. The average molecular weight is 263 g/mol. The van der Waals surface area contributed by atoms with E-state index in [1.165, 1.54) is 0 Å².